The van der Waals surface area contributed by atoms with Crippen molar-refractivity contribution in [2.45, 2.75) is 39.7 Å². The van der Waals surface area contributed by atoms with Crippen molar-refractivity contribution in [1.82, 2.24) is 4.90 Å². The summed E-state index contributed by atoms with van der Waals surface area (Å²) in [6.07, 6.45) is 3.78. The second-order valence-corrected chi connectivity index (χ2v) is 8.01. The maximum Gasteiger partial charge on any atom is 0.266 e. The van der Waals surface area contributed by atoms with Gasteiger partial charge in [-0.25, -0.2) is 0 Å². The predicted molar refractivity (Wildman–Crippen MR) is 105 cm³/mol. The number of carbonyl (C=O) groups excluding carboxylic acids is 2. The number of thioether (sulfide) groups is 1. The number of benzene rings is 1. The van der Waals surface area contributed by atoms with E-state index in [4.69, 9.17) is 17.0 Å². The van der Waals surface area contributed by atoms with Gasteiger partial charge in [-0.15, -0.1) is 0 Å². The maximum atomic E-state index is 12.6. The van der Waals surface area contributed by atoms with Crippen LogP contribution in [0.4, 0.5) is 0 Å². The number of carboxylic acid groups (broad SMARTS) is 1. The fraction of sp³-hybridized carbons (Fsp3) is 0.421. The molecule has 0 aromatic heterocycles. The minimum atomic E-state index is -1.30. The van der Waals surface area contributed by atoms with Crippen LogP contribution in [0.25, 0.3) is 6.08 Å². The Labute approximate surface area is 163 Å². The Morgan fingerprint density at radius 3 is 2.54 bits per heavy atom. The summed E-state index contributed by atoms with van der Waals surface area (Å²) in [5.74, 6) is -1.22. The van der Waals surface area contributed by atoms with E-state index in [1.807, 2.05) is 24.3 Å². The van der Waals surface area contributed by atoms with Gasteiger partial charge in [0.1, 0.15) is 10.1 Å². The average Bonchev–Trinajstić information content (AvgIpc) is 2.84. The average molecular weight is 393 g/mol. The number of thiocarbonyl (C=S) groups is 1. The maximum absolute atomic E-state index is 12.6. The topological polar surface area (TPSA) is 69.7 Å². The Balaban J connectivity index is 2.15. The monoisotopic (exact) mass is 392 g/mol. The van der Waals surface area contributed by atoms with Gasteiger partial charge in [-0.05, 0) is 36.1 Å². The molecule has 7 heteroatoms. The minimum absolute atomic E-state index is 0.240. The zero-order valence-corrected chi connectivity index (χ0v) is 16.7. The molecule has 1 saturated heterocycles. The van der Waals surface area contributed by atoms with Gasteiger partial charge in [0.25, 0.3) is 5.91 Å². The van der Waals surface area contributed by atoms with Gasteiger partial charge in [-0.1, -0.05) is 63.3 Å². The first-order chi connectivity index (χ1) is 12.3. The van der Waals surface area contributed by atoms with Gasteiger partial charge in [0.2, 0.25) is 0 Å². The molecule has 1 amide bonds. The third-order valence-corrected chi connectivity index (χ3v) is 5.25. The van der Waals surface area contributed by atoms with E-state index in [0.29, 0.717) is 11.5 Å². The number of carbonyl (C=O) groups is 2. The van der Waals surface area contributed by atoms with Crippen molar-refractivity contribution in [2.75, 3.05) is 6.61 Å². The van der Waals surface area contributed by atoms with E-state index < -0.39 is 17.9 Å². The smallest absolute Gasteiger partial charge is 0.266 e. The zero-order chi connectivity index (χ0) is 19.3. The third-order valence-electron chi connectivity index (χ3n) is 3.92. The number of unbranched alkanes of at least 4 members (excludes halogenated alkanes) is 1. The van der Waals surface area contributed by atoms with Crippen LogP contribution >= 0.6 is 24.0 Å². The molecular formula is C19H22NO4S2-. The Kier molecular flexibility index (Phi) is 7.23. The fourth-order valence-corrected chi connectivity index (χ4v) is 3.87. The Morgan fingerprint density at radius 2 is 2.00 bits per heavy atom. The van der Waals surface area contributed by atoms with Gasteiger partial charge in [-0.3, -0.25) is 9.69 Å². The molecule has 5 nitrogen and oxygen atoms in total. The molecule has 1 aromatic carbocycles. The SMILES string of the molecule is CCCCOc1ccc(/C=C2\SC(=S)N([C@H](C(=O)[O-])C(C)C)C2=O)cc1. The van der Waals surface area contributed by atoms with Crippen molar-refractivity contribution in [3.05, 3.63) is 34.7 Å². The van der Waals surface area contributed by atoms with Gasteiger partial charge in [0.05, 0.1) is 23.5 Å². The molecule has 1 aliphatic heterocycles. The van der Waals surface area contributed by atoms with Crippen LogP contribution in [0.3, 0.4) is 0 Å². The minimum Gasteiger partial charge on any atom is -0.548 e. The number of aliphatic carboxylic acids is 1. The molecule has 0 bridgehead atoms. The predicted octanol–water partition coefficient (Wildman–Crippen LogP) is 2.84. The number of carboxylic acids is 1. The molecule has 1 aliphatic rings. The standard InChI is InChI=1S/C19H23NO4S2/c1-4-5-10-24-14-8-6-13(7-9-14)11-15-17(21)20(19(25)26-15)16(12(2)3)18(22)23/h6-9,11-12,16H,4-5,10H2,1-3H3,(H,22,23)/p-1/b15-11-/t16-/m0/s1. The number of amides is 1. The molecule has 0 spiro atoms. The van der Waals surface area contributed by atoms with Gasteiger partial charge in [-0.2, -0.15) is 0 Å². The van der Waals surface area contributed by atoms with E-state index in [1.165, 1.54) is 0 Å². The van der Waals surface area contributed by atoms with E-state index in [2.05, 4.69) is 6.92 Å². The number of hydrogen-bond donors (Lipinski definition) is 0. The fourth-order valence-electron chi connectivity index (χ4n) is 2.54. The summed E-state index contributed by atoms with van der Waals surface area (Å²) < 4.78 is 5.86. The molecule has 2 rings (SSSR count). The number of hydrogen-bond acceptors (Lipinski definition) is 6. The second kappa shape index (κ2) is 9.19. The first kappa shape index (κ1) is 20.5. The summed E-state index contributed by atoms with van der Waals surface area (Å²) in [4.78, 5) is 25.6. The summed E-state index contributed by atoms with van der Waals surface area (Å²) in [5, 5.41) is 11.4. The highest BCUT2D eigenvalue weighted by Gasteiger charge is 2.38. The lowest BCUT2D eigenvalue weighted by molar-refractivity contribution is -0.311. The van der Waals surface area contributed by atoms with E-state index in [0.717, 1.165) is 40.8 Å². The molecule has 26 heavy (non-hydrogen) atoms. The summed E-state index contributed by atoms with van der Waals surface area (Å²) in [5.41, 5.74) is 0.822. The van der Waals surface area contributed by atoms with Crippen molar-refractivity contribution in [3.63, 3.8) is 0 Å². The summed E-state index contributed by atoms with van der Waals surface area (Å²) in [6, 6.07) is 6.34. The second-order valence-electron chi connectivity index (χ2n) is 6.33. The summed E-state index contributed by atoms with van der Waals surface area (Å²) in [6.45, 7) is 6.22. The lowest BCUT2D eigenvalue weighted by atomic mass is 10.0. The van der Waals surface area contributed by atoms with E-state index in [1.54, 1.807) is 19.9 Å². The van der Waals surface area contributed by atoms with Crippen LogP contribution in [0.2, 0.25) is 0 Å². The normalized spacial score (nSPS) is 17.2. The Morgan fingerprint density at radius 1 is 1.35 bits per heavy atom. The number of ether oxygens (including phenoxy) is 1. The van der Waals surface area contributed by atoms with Crippen molar-refractivity contribution >= 4 is 46.3 Å². The van der Waals surface area contributed by atoms with Crippen LogP contribution in [0.15, 0.2) is 29.2 Å². The molecule has 1 fully saturated rings. The van der Waals surface area contributed by atoms with Crippen LogP contribution in [-0.2, 0) is 9.59 Å². The van der Waals surface area contributed by atoms with Gasteiger partial charge in [0.15, 0.2) is 0 Å². The molecule has 0 N–H and O–H groups in total. The van der Waals surface area contributed by atoms with Gasteiger partial charge < -0.3 is 14.6 Å². The van der Waals surface area contributed by atoms with E-state index in [9.17, 15) is 14.7 Å². The first-order valence-corrected chi connectivity index (χ1v) is 9.78. The van der Waals surface area contributed by atoms with Crippen molar-refractivity contribution in [1.29, 1.82) is 0 Å². The lowest BCUT2D eigenvalue weighted by Crippen LogP contribution is -2.52. The zero-order valence-electron chi connectivity index (χ0n) is 15.1. The highest BCUT2D eigenvalue weighted by atomic mass is 32.2. The van der Waals surface area contributed by atoms with Crippen molar-refractivity contribution in [3.8, 4) is 5.75 Å². The van der Waals surface area contributed by atoms with E-state index >= 15 is 0 Å². The van der Waals surface area contributed by atoms with Crippen LogP contribution in [0, 0.1) is 5.92 Å². The molecule has 1 aromatic rings. The van der Waals surface area contributed by atoms with Crippen LogP contribution in [0.5, 0.6) is 5.75 Å². The molecule has 0 radical (unpaired) electrons. The van der Waals surface area contributed by atoms with E-state index in [-0.39, 0.29) is 10.2 Å². The number of nitrogens with zero attached hydrogens (tertiary/aromatic N) is 1. The van der Waals surface area contributed by atoms with Crippen LogP contribution in [0.1, 0.15) is 39.2 Å². The van der Waals surface area contributed by atoms with Gasteiger partial charge in [0, 0.05) is 0 Å². The molecule has 140 valence electrons. The third kappa shape index (κ3) is 4.86. The summed E-state index contributed by atoms with van der Waals surface area (Å²) >= 11 is 6.33. The van der Waals surface area contributed by atoms with Crippen LogP contribution in [-0.4, -0.2) is 33.7 Å². The molecule has 0 saturated carbocycles. The molecule has 0 aliphatic carbocycles. The quantitative estimate of drug-likeness (QED) is 0.385. The van der Waals surface area contributed by atoms with Crippen molar-refractivity contribution in [2.24, 2.45) is 5.92 Å². The van der Waals surface area contributed by atoms with Gasteiger partial charge >= 0.3 is 0 Å². The number of rotatable bonds is 8. The Bertz CT molecular complexity index is 713. The largest absolute Gasteiger partial charge is 0.548 e. The first-order valence-electron chi connectivity index (χ1n) is 8.56. The molecule has 1 heterocycles. The highest BCUT2D eigenvalue weighted by molar-refractivity contribution is 8.26. The Hall–Kier alpha value is -1.86. The summed E-state index contributed by atoms with van der Waals surface area (Å²) in [7, 11) is 0. The molecular weight excluding hydrogens is 370 g/mol. The lowest BCUT2D eigenvalue weighted by Gasteiger charge is -2.30. The highest BCUT2D eigenvalue weighted by Crippen LogP contribution is 2.35. The van der Waals surface area contributed by atoms with Crippen molar-refractivity contribution < 1.29 is 19.4 Å². The molecule has 0 unspecified atom stereocenters. The van der Waals surface area contributed by atoms with Crippen LogP contribution < -0.4 is 9.84 Å². The molecule has 1 atom stereocenters.